The van der Waals surface area contributed by atoms with Gasteiger partial charge in [-0.2, -0.15) is 0 Å². The van der Waals surface area contributed by atoms with Crippen molar-refractivity contribution in [3.63, 3.8) is 0 Å². The molecule has 3 fully saturated rings. The number of carbonyl (C=O) groups excluding carboxylic acids is 1. The van der Waals surface area contributed by atoms with Crippen LogP contribution in [0.4, 0.5) is 10.1 Å². The van der Waals surface area contributed by atoms with E-state index in [2.05, 4.69) is 5.32 Å². The van der Waals surface area contributed by atoms with Crippen LogP contribution >= 0.6 is 0 Å². The number of hydrogen-bond acceptors (Lipinski definition) is 6. The number of carbonyl (C=O) groups is 1. The number of piperidine rings is 1. The molecule has 0 amide bonds. The number of benzene rings is 1. The molecule has 2 aliphatic heterocycles. The van der Waals surface area contributed by atoms with Crippen LogP contribution in [0.25, 0.3) is 10.9 Å². The summed E-state index contributed by atoms with van der Waals surface area (Å²) in [5.41, 5.74) is -0.372. The van der Waals surface area contributed by atoms with Crippen LogP contribution in [0.1, 0.15) is 42.1 Å². The van der Waals surface area contributed by atoms with Crippen molar-refractivity contribution in [3.8, 4) is 5.75 Å². The van der Waals surface area contributed by atoms with E-state index >= 15 is 4.39 Å². The maximum Gasteiger partial charge on any atom is 1.00 e. The number of fused-ring (bicyclic) bond motifs is 2. The van der Waals surface area contributed by atoms with Crippen molar-refractivity contribution in [1.82, 2.24) is 9.88 Å². The summed E-state index contributed by atoms with van der Waals surface area (Å²) in [7, 11) is 1.47. The van der Waals surface area contributed by atoms with Gasteiger partial charge in [0, 0.05) is 31.4 Å². The first-order valence-corrected chi connectivity index (χ1v) is 10.1. The summed E-state index contributed by atoms with van der Waals surface area (Å²) >= 11 is 0. The molecule has 2 saturated heterocycles. The fourth-order valence-electron chi connectivity index (χ4n) is 4.95. The van der Waals surface area contributed by atoms with Crippen LogP contribution in [0.15, 0.2) is 17.1 Å². The third kappa shape index (κ3) is 3.43. The Kier molecular flexibility index (Phi) is 5.87. The monoisotopic (exact) mass is 423 g/mol. The average Bonchev–Trinajstić information content (AvgIpc) is 3.45. The molecule has 9 heteroatoms. The van der Waals surface area contributed by atoms with E-state index in [1.54, 1.807) is 4.57 Å². The van der Waals surface area contributed by atoms with E-state index in [4.69, 9.17) is 4.74 Å². The van der Waals surface area contributed by atoms with Gasteiger partial charge in [0.05, 0.1) is 29.5 Å². The molecular weight excluding hydrogens is 400 g/mol. The number of aromatic carboxylic acids is 1. The first-order valence-electron chi connectivity index (χ1n) is 10.1. The van der Waals surface area contributed by atoms with Crippen molar-refractivity contribution in [3.05, 3.63) is 33.9 Å². The number of nitrogens with one attached hydrogen (secondary N) is 1. The number of pyridine rings is 1. The minimum absolute atomic E-state index is 0. The van der Waals surface area contributed by atoms with Crippen LogP contribution in [-0.2, 0) is 0 Å². The Labute approximate surface area is 195 Å². The van der Waals surface area contributed by atoms with E-state index in [9.17, 15) is 14.7 Å². The minimum Gasteiger partial charge on any atom is -0.545 e. The quantitative estimate of drug-likeness (QED) is 0.575. The second-order valence-electron chi connectivity index (χ2n) is 8.30. The standard InChI is InChI=1S/C21H24FN3O4.Na/c1-29-20-17-13(19(26)14(21(27)28)9-25(17)12-4-5-12)7-15(22)18(20)24-8-11-3-2-6-23-16(11)10-24;/h7,9,11-12,16,23H,2-6,8,10H2,1H3,(H,27,28);/q;+1/p-1. The number of aromatic nitrogens is 1. The van der Waals surface area contributed by atoms with Gasteiger partial charge < -0.3 is 29.4 Å². The molecule has 1 N–H and O–H groups in total. The van der Waals surface area contributed by atoms with Crippen molar-refractivity contribution in [2.24, 2.45) is 5.92 Å². The summed E-state index contributed by atoms with van der Waals surface area (Å²) in [5, 5.41) is 15.0. The van der Waals surface area contributed by atoms with Crippen molar-refractivity contribution >= 4 is 22.6 Å². The Balaban J connectivity index is 0.00000218. The Morgan fingerprint density at radius 2 is 2.07 bits per heavy atom. The molecule has 3 aliphatic rings. The van der Waals surface area contributed by atoms with Gasteiger partial charge in [0.2, 0.25) is 0 Å². The van der Waals surface area contributed by atoms with Crippen LogP contribution in [0.3, 0.4) is 0 Å². The Bertz CT molecular complexity index is 1050. The van der Waals surface area contributed by atoms with Gasteiger partial charge in [-0.05, 0) is 44.2 Å². The molecular formula is C21H23FN3NaO4. The number of halogens is 1. The van der Waals surface area contributed by atoms with Gasteiger partial charge in [0.15, 0.2) is 17.0 Å². The zero-order valence-electron chi connectivity index (χ0n) is 17.2. The number of ether oxygens (including phenoxy) is 1. The molecule has 2 atom stereocenters. The molecule has 0 radical (unpaired) electrons. The molecule has 7 nitrogen and oxygen atoms in total. The van der Waals surface area contributed by atoms with Gasteiger partial charge in [-0.3, -0.25) is 4.79 Å². The number of rotatable bonds is 4. The van der Waals surface area contributed by atoms with E-state index in [-0.39, 0.29) is 41.0 Å². The topological polar surface area (TPSA) is 86.6 Å². The molecule has 1 saturated carbocycles. The second-order valence-corrected chi connectivity index (χ2v) is 8.30. The molecule has 5 rings (SSSR count). The summed E-state index contributed by atoms with van der Waals surface area (Å²) in [4.78, 5) is 26.2. The third-order valence-electron chi connectivity index (χ3n) is 6.48. The van der Waals surface area contributed by atoms with Crippen LogP contribution in [0.2, 0.25) is 0 Å². The Morgan fingerprint density at radius 1 is 1.30 bits per heavy atom. The molecule has 1 aromatic carbocycles. The number of methoxy groups -OCH3 is 1. The summed E-state index contributed by atoms with van der Waals surface area (Å²) in [6.07, 6.45) is 5.29. The Morgan fingerprint density at radius 3 is 2.70 bits per heavy atom. The van der Waals surface area contributed by atoms with E-state index in [1.165, 1.54) is 13.3 Å². The average molecular weight is 423 g/mol. The summed E-state index contributed by atoms with van der Waals surface area (Å²) < 4.78 is 22.7. The summed E-state index contributed by atoms with van der Waals surface area (Å²) in [5.74, 6) is -1.37. The van der Waals surface area contributed by atoms with Crippen LogP contribution in [0, 0.1) is 11.7 Å². The van der Waals surface area contributed by atoms with Crippen molar-refractivity contribution in [2.75, 3.05) is 31.6 Å². The molecule has 2 aromatic rings. The zero-order chi connectivity index (χ0) is 20.3. The molecule has 30 heavy (non-hydrogen) atoms. The van der Waals surface area contributed by atoms with Gasteiger partial charge >= 0.3 is 29.6 Å². The minimum atomic E-state index is -1.55. The SMILES string of the molecule is COc1c(N2CC3CCCNC3C2)c(F)cc2c(=O)c(C(=O)[O-])cn(C3CC3)c12.[Na+]. The first kappa shape index (κ1) is 21.6. The van der Waals surface area contributed by atoms with Gasteiger partial charge in [-0.1, -0.05) is 0 Å². The molecule has 0 spiro atoms. The normalized spacial score (nSPS) is 23.2. The summed E-state index contributed by atoms with van der Waals surface area (Å²) in [6.45, 7) is 2.37. The maximum absolute atomic E-state index is 15.3. The first-order chi connectivity index (χ1) is 14.0. The molecule has 3 heterocycles. The fraction of sp³-hybridized carbons (Fsp3) is 0.524. The van der Waals surface area contributed by atoms with Gasteiger partial charge in [0.25, 0.3) is 0 Å². The fourth-order valence-corrected chi connectivity index (χ4v) is 4.95. The molecule has 154 valence electrons. The third-order valence-corrected chi connectivity index (χ3v) is 6.48. The van der Waals surface area contributed by atoms with Crippen molar-refractivity contribution in [1.29, 1.82) is 0 Å². The van der Waals surface area contributed by atoms with Crippen LogP contribution in [0.5, 0.6) is 5.75 Å². The van der Waals surface area contributed by atoms with Crippen molar-refractivity contribution in [2.45, 2.75) is 37.8 Å². The van der Waals surface area contributed by atoms with Gasteiger partial charge in [0.1, 0.15) is 5.69 Å². The second kappa shape index (κ2) is 8.15. The van der Waals surface area contributed by atoms with E-state index in [1.807, 2.05) is 4.90 Å². The van der Waals surface area contributed by atoms with Crippen molar-refractivity contribution < 1.29 is 48.6 Å². The summed E-state index contributed by atoms with van der Waals surface area (Å²) in [6, 6.07) is 1.55. The van der Waals surface area contributed by atoms with E-state index < -0.39 is 22.8 Å². The van der Waals surface area contributed by atoms with E-state index in [0.29, 0.717) is 35.5 Å². The number of hydrogen-bond donors (Lipinski definition) is 1. The van der Waals surface area contributed by atoms with Crippen LogP contribution < -0.4 is 55.0 Å². The molecule has 1 aromatic heterocycles. The van der Waals surface area contributed by atoms with E-state index in [0.717, 1.165) is 44.8 Å². The van der Waals surface area contributed by atoms with Crippen LogP contribution in [-0.4, -0.2) is 43.3 Å². The number of nitrogens with zero attached hydrogens (tertiary/aromatic N) is 2. The number of carboxylic acid groups (broad SMARTS) is 1. The maximum atomic E-state index is 15.3. The van der Waals surface area contributed by atoms with Gasteiger partial charge in [-0.15, -0.1) is 0 Å². The predicted molar refractivity (Wildman–Crippen MR) is 104 cm³/mol. The smallest absolute Gasteiger partial charge is 0.545 e. The van der Waals surface area contributed by atoms with Gasteiger partial charge in [-0.25, -0.2) is 4.39 Å². The largest absolute Gasteiger partial charge is 1.00 e. The molecule has 2 unspecified atom stereocenters. The Hall–Kier alpha value is -1.61. The number of carboxylic acids is 1. The zero-order valence-corrected chi connectivity index (χ0v) is 19.2. The molecule has 1 aliphatic carbocycles. The predicted octanol–water partition coefficient (Wildman–Crippen LogP) is -1.96. The molecule has 0 bridgehead atoms. The number of anilines is 1.